The highest BCUT2D eigenvalue weighted by Gasteiger charge is 2.17. The van der Waals surface area contributed by atoms with Crippen molar-refractivity contribution in [2.24, 2.45) is 5.92 Å². The van der Waals surface area contributed by atoms with Crippen molar-refractivity contribution < 1.29 is 4.74 Å². The monoisotopic (exact) mass is 377 g/mol. The van der Waals surface area contributed by atoms with Crippen molar-refractivity contribution in [2.45, 2.75) is 19.4 Å². The lowest BCUT2D eigenvalue weighted by molar-refractivity contribution is 0.156. The molecule has 0 saturated carbocycles. The van der Waals surface area contributed by atoms with E-state index < -0.39 is 0 Å². The van der Waals surface area contributed by atoms with E-state index in [4.69, 9.17) is 10.5 Å². The highest BCUT2D eigenvalue weighted by molar-refractivity contribution is 5.93. The number of nitrogens with two attached hydrogens (primary N) is 1. The summed E-state index contributed by atoms with van der Waals surface area (Å²) in [5, 5.41) is 5.53. The predicted octanol–water partition coefficient (Wildman–Crippen LogP) is 3.54. The minimum atomic E-state index is 0.589. The zero-order valence-electron chi connectivity index (χ0n) is 16.3. The molecule has 2 heterocycles. The molecule has 146 valence electrons. The number of likely N-dealkylation sites (tertiary alicyclic amines) is 1. The summed E-state index contributed by atoms with van der Waals surface area (Å²) in [6, 6.07) is 12.3. The minimum Gasteiger partial charge on any atom is -0.476 e. The maximum Gasteiger partial charge on any atom is 0.232 e. The number of nitrogen functional groups attached to an aromatic ring is 1. The van der Waals surface area contributed by atoms with E-state index in [-0.39, 0.29) is 0 Å². The summed E-state index contributed by atoms with van der Waals surface area (Å²) < 4.78 is 5.83. The molecule has 6 heteroatoms. The normalized spacial score (nSPS) is 15.6. The van der Waals surface area contributed by atoms with E-state index in [1.165, 1.54) is 18.4 Å². The molecule has 1 aromatic heterocycles. The lowest BCUT2D eigenvalue weighted by Crippen LogP contribution is -2.32. The van der Waals surface area contributed by atoms with Gasteiger partial charge in [0, 0.05) is 17.6 Å². The van der Waals surface area contributed by atoms with Crippen molar-refractivity contribution in [2.75, 3.05) is 37.8 Å². The number of fused-ring (bicyclic) bond motifs is 1. The Kier molecular flexibility index (Phi) is 5.58. The third-order valence-electron chi connectivity index (χ3n) is 5.39. The molecular weight excluding hydrogens is 350 g/mol. The molecule has 2 aromatic carbocycles. The van der Waals surface area contributed by atoms with Crippen molar-refractivity contribution in [3.05, 3.63) is 54.4 Å². The van der Waals surface area contributed by atoms with Crippen LogP contribution in [0.1, 0.15) is 18.4 Å². The lowest BCUT2D eigenvalue weighted by atomic mass is 9.98. The first-order valence-electron chi connectivity index (χ1n) is 9.82. The van der Waals surface area contributed by atoms with Crippen LogP contribution in [0.5, 0.6) is 5.88 Å². The maximum atomic E-state index is 6.02. The summed E-state index contributed by atoms with van der Waals surface area (Å²) in [4.78, 5) is 11.2. The summed E-state index contributed by atoms with van der Waals surface area (Å²) in [6.07, 6.45) is 5.78. The Balaban J connectivity index is 1.30. The van der Waals surface area contributed by atoms with Crippen molar-refractivity contribution in [3.63, 3.8) is 0 Å². The fourth-order valence-corrected chi connectivity index (χ4v) is 3.57. The van der Waals surface area contributed by atoms with Crippen LogP contribution in [0.3, 0.4) is 0 Å². The molecular formula is C22H27N5O. The van der Waals surface area contributed by atoms with E-state index in [9.17, 15) is 0 Å². The second-order valence-corrected chi connectivity index (χ2v) is 7.55. The Morgan fingerprint density at radius 2 is 2.00 bits per heavy atom. The van der Waals surface area contributed by atoms with E-state index in [1.807, 2.05) is 12.1 Å². The van der Waals surface area contributed by atoms with Gasteiger partial charge in [-0.1, -0.05) is 24.3 Å². The fraction of sp³-hybridized carbons (Fsp3) is 0.364. The number of nitrogens with zero attached hydrogens (tertiary/aromatic N) is 3. The van der Waals surface area contributed by atoms with Crippen LogP contribution in [-0.2, 0) is 6.54 Å². The average molecular weight is 377 g/mol. The highest BCUT2D eigenvalue weighted by atomic mass is 16.5. The summed E-state index contributed by atoms with van der Waals surface area (Å²) in [6.45, 7) is 3.68. The minimum absolute atomic E-state index is 0.589. The second kappa shape index (κ2) is 8.44. The number of piperidine rings is 1. The number of aromatic nitrogens is 2. The molecule has 1 aliphatic heterocycles. The van der Waals surface area contributed by atoms with Gasteiger partial charge in [0.1, 0.15) is 5.82 Å². The Hall–Kier alpha value is -2.86. The van der Waals surface area contributed by atoms with Gasteiger partial charge >= 0.3 is 0 Å². The number of anilines is 2. The molecule has 0 bridgehead atoms. The van der Waals surface area contributed by atoms with Gasteiger partial charge in [-0.2, -0.15) is 0 Å². The van der Waals surface area contributed by atoms with Gasteiger partial charge in [-0.05, 0) is 62.0 Å². The van der Waals surface area contributed by atoms with E-state index in [0.29, 0.717) is 18.3 Å². The summed E-state index contributed by atoms with van der Waals surface area (Å²) in [5.74, 6) is 1.93. The first kappa shape index (κ1) is 18.5. The molecule has 0 atom stereocenters. The van der Waals surface area contributed by atoms with Crippen LogP contribution >= 0.6 is 0 Å². The summed E-state index contributed by atoms with van der Waals surface area (Å²) >= 11 is 0. The van der Waals surface area contributed by atoms with Crippen LogP contribution in [0, 0.1) is 5.92 Å². The van der Waals surface area contributed by atoms with Crippen LogP contribution in [-0.4, -0.2) is 41.6 Å². The van der Waals surface area contributed by atoms with Crippen LogP contribution in [0.4, 0.5) is 11.5 Å². The maximum absolute atomic E-state index is 6.02. The second-order valence-electron chi connectivity index (χ2n) is 7.55. The largest absolute Gasteiger partial charge is 0.476 e. The Morgan fingerprint density at radius 3 is 2.79 bits per heavy atom. The number of hydrogen-bond acceptors (Lipinski definition) is 6. The van der Waals surface area contributed by atoms with Crippen LogP contribution < -0.4 is 15.8 Å². The average Bonchev–Trinajstić information content (AvgIpc) is 2.73. The van der Waals surface area contributed by atoms with Crippen LogP contribution in [0.15, 0.2) is 48.8 Å². The van der Waals surface area contributed by atoms with Gasteiger partial charge in [-0.25, -0.2) is 9.97 Å². The van der Waals surface area contributed by atoms with Crippen molar-refractivity contribution >= 4 is 22.3 Å². The Morgan fingerprint density at radius 1 is 1.14 bits per heavy atom. The van der Waals surface area contributed by atoms with Gasteiger partial charge in [-0.3, -0.25) is 0 Å². The molecule has 1 fully saturated rings. The van der Waals surface area contributed by atoms with Crippen molar-refractivity contribution in [1.29, 1.82) is 0 Å². The van der Waals surface area contributed by atoms with Gasteiger partial charge in [-0.15, -0.1) is 0 Å². The SMILES string of the molecule is CN1CCC(COc2cnc(NCc3ccc4c(N)cccc4c3)cn2)CC1. The van der Waals surface area contributed by atoms with Crippen LogP contribution in [0.25, 0.3) is 10.8 Å². The van der Waals surface area contributed by atoms with Gasteiger partial charge < -0.3 is 20.7 Å². The summed E-state index contributed by atoms with van der Waals surface area (Å²) in [5.41, 5.74) is 7.99. The lowest BCUT2D eigenvalue weighted by Gasteiger charge is -2.28. The van der Waals surface area contributed by atoms with Gasteiger partial charge in [0.25, 0.3) is 0 Å². The molecule has 0 radical (unpaired) electrons. The summed E-state index contributed by atoms with van der Waals surface area (Å²) in [7, 11) is 2.17. The molecule has 0 amide bonds. The quantitative estimate of drug-likeness (QED) is 0.640. The Bertz CT molecular complexity index is 920. The number of hydrogen-bond donors (Lipinski definition) is 2. The van der Waals surface area contributed by atoms with Gasteiger partial charge in [0.2, 0.25) is 5.88 Å². The van der Waals surface area contributed by atoms with Crippen LogP contribution in [0.2, 0.25) is 0 Å². The van der Waals surface area contributed by atoms with E-state index in [0.717, 1.165) is 42.0 Å². The number of benzene rings is 2. The van der Waals surface area contributed by atoms with Gasteiger partial charge in [0.05, 0.1) is 19.0 Å². The van der Waals surface area contributed by atoms with Crippen molar-refractivity contribution in [1.82, 2.24) is 14.9 Å². The molecule has 6 nitrogen and oxygen atoms in total. The van der Waals surface area contributed by atoms with E-state index in [1.54, 1.807) is 12.4 Å². The van der Waals surface area contributed by atoms with E-state index in [2.05, 4.69) is 51.5 Å². The third kappa shape index (κ3) is 4.51. The number of nitrogens with one attached hydrogen (secondary N) is 1. The molecule has 28 heavy (non-hydrogen) atoms. The zero-order valence-corrected chi connectivity index (χ0v) is 16.3. The molecule has 0 aliphatic carbocycles. The molecule has 1 aliphatic rings. The molecule has 3 N–H and O–H groups in total. The topological polar surface area (TPSA) is 76.3 Å². The molecule has 4 rings (SSSR count). The molecule has 0 unspecified atom stereocenters. The van der Waals surface area contributed by atoms with Gasteiger partial charge in [0.15, 0.2) is 0 Å². The molecule has 1 saturated heterocycles. The Labute approximate surface area is 165 Å². The molecule has 0 spiro atoms. The highest BCUT2D eigenvalue weighted by Crippen LogP contribution is 2.22. The van der Waals surface area contributed by atoms with E-state index >= 15 is 0 Å². The number of ether oxygens (including phenoxy) is 1. The van der Waals surface area contributed by atoms with Crippen molar-refractivity contribution in [3.8, 4) is 5.88 Å². The zero-order chi connectivity index (χ0) is 19.3. The standard InChI is InChI=1S/C22H27N5O/c1-27-9-7-16(8-10-27)15-28-22-14-25-21(13-26-22)24-12-17-5-6-19-18(11-17)3-2-4-20(19)23/h2-6,11,13-14,16H,7-10,12,15,23H2,1H3,(H,24,25). The fourth-order valence-electron chi connectivity index (χ4n) is 3.57. The third-order valence-corrected chi connectivity index (χ3v) is 5.39. The smallest absolute Gasteiger partial charge is 0.232 e. The molecule has 3 aromatic rings. The predicted molar refractivity (Wildman–Crippen MR) is 113 cm³/mol. The first-order valence-corrected chi connectivity index (χ1v) is 9.82. The number of rotatable bonds is 6. The first-order chi connectivity index (χ1) is 13.7.